The highest BCUT2D eigenvalue weighted by atomic mass is 16.2. The van der Waals surface area contributed by atoms with Crippen molar-refractivity contribution in [3.63, 3.8) is 0 Å². The third kappa shape index (κ3) is 3.12. The van der Waals surface area contributed by atoms with Crippen molar-refractivity contribution in [3.8, 4) is 0 Å². The average molecular weight is 235 g/mol. The van der Waals surface area contributed by atoms with E-state index in [2.05, 4.69) is 12.2 Å². The molecule has 0 bridgehead atoms. The third-order valence-electron chi connectivity index (χ3n) is 2.80. The van der Waals surface area contributed by atoms with Gasteiger partial charge in [0.2, 0.25) is 5.91 Å². The quantitative estimate of drug-likeness (QED) is 0.762. The smallest absolute Gasteiger partial charge is 0.242 e. The van der Waals surface area contributed by atoms with E-state index in [0.717, 1.165) is 18.7 Å². The number of hydrogen-bond donors (Lipinski definition) is 2. The highest BCUT2D eigenvalue weighted by Crippen LogP contribution is 2.24. The molecule has 17 heavy (non-hydrogen) atoms. The number of rotatable bonds is 5. The first kappa shape index (κ1) is 13.4. The summed E-state index contributed by atoms with van der Waals surface area (Å²) in [6, 6.07) is 7.42. The molecule has 1 aromatic rings. The van der Waals surface area contributed by atoms with E-state index in [1.165, 1.54) is 0 Å². The van der Waals surface area contributed by atoms with E-state index in [9.17, 15) is 4.79 Å². The van der Waals surface area contributed by atoms with Gasteiger partial charge in [-0.1, -0.05) is 19.1 Å². The molecule has 4 heteroatoms. The molecule has 94 valence electrons. The molecule has 0 aliphatic rings. The Balaban J connectivity index is 3.01. The molecule has 3 N–H and O–H groups in total. The predicted octanol–water partition coefficient (Wildman–Crippen LogP) is 1.62. The molecule has 0 spiro atoms. The van der Waals surface area contributed by atoms with Crippen molar-refractivity contribution in [1.82, 2.24) is 5.32 Å². The maximum atomic E-state index is 11.7. The zero-order valence-electron chi connectivity index (χ0n) is 10.7. The maximum absolute atomic E-state index is 11.7. The van der Waals surface area contributed by atoms with Gasteiger partial charge in [-0.25, -0.2) is 0 Å². The lowest BCUT2D eigenvalue weighted by molar-refractivity contribution is -0.121. The molecule has 1 rings (SSSR count). The second-order valence-corrected chi connectivity index (χ2v) is 4.04. The Hall–Kier alpha value is -1.71. The van der Waals surface area contributed by atoms with Gasteiger partial charge in [-0.15, -0.1) is 0 Å². The number of carbonyl (C=O) groups is 1. The summed E-state index contributed by atoms with van der Waals surface area (Å²) in [5.41, 5.74) is 7.58. The summed E-state index contributed by atoms with van der Waals surface area (Å²) < 4.78 is 0. The lowest BCUT2D eigenvalue weighted by Crippen LogP contribution is -2.44. The monoisotopic (exact) mass is 235 g/mol. The van der Waals surface area contributed by atoms with E-state index in [-0.39, 0.29) is 11.9 Å². The standard InChI is InChI=1S/C13H21N3O/c1-4-9-16(10(2)13(17)15-3)12-8-6-5-7-11(12)14/h5-8,10H,4,9,14H2,1-3H3,(H,15,17). The van der Waals surface area contributed by atoms with Gasteiger partial charge in [0.15, 0.2) is 0 Å². The van der Waals surface area contributed by atoms with Gasteiger partial charge >= 0.3 is 0 Å². The number of likely N-dealkylation sites (N-methyl/N-ethyl adjacent to an activating group) is 1. The Morgan fingerprint density at radius 1 is 1.47 bits per heavy atom. The van der Waals surface area contributed by atoms with Crippen molar-refractivity contribution >= 4 is 17.3 Å². The fourth-order valence-electron chi connectivity index (χ4n) is 1.86. The van der Waals surface area contributed by atoms with Crippen LogP contribution in [-0.2, 0) is 4.79 Å². The average Bonchev–Trinajstić information content (AvgIpc) is 2.35. The van der Waals surface area contributed by atoms with Crippen LogP contribution in [0.4, 0.5) is 11.4 Å². The van der Waals surface area contributed by atoms with Crippen molar-refractivity contribution in [2.75, 3.05) is 24.2 Å². The molecule has 4 nitrogen and oxygen atoms in total. The number of nitrogen functional groups attached to an aromatic ring is 1. The fraction of sp³-hybridized carbons (Fsp3) is 0.462. The Bertz CT molecular complexity index is 379. The van der Waals surface area contributed by atoms with Gasteiger partial charge in [-0.3, -0.25) is 4.79 Å². The topological polar surface area (TPSA) is 58.4 Å². The normalized spacial score (nSPS) is 11.9. The zero-order chi connectivity index (χ0) is 12.8. The van der Waals surface area contributed by atoms with E-state index < -0.39 is 0 Å². The molecule has 1 aromatic carbocycles. The number of hydrogen-bond acceptors (Lipinski definition) is 3. The first-order valence-corrected chi connectivity index (χ1v) is 5.94. The molecule has 0 aromatic heterocycles. The first-order valence-electron chi connectivity index (χ1n) is 5.94. The Morgan fingerprint density at radius 2 is 2.12 bits per heavy atom. The van der Waals surface area contributed by atoms with E-state index in [0.29, 0.717) is 5.69 Å². The number of nitrogens with one attached hydrogen (secondary N) is 1. The van der Waals surface area contributed by atoms with Crippen LogP contribution in [0.2, 0.25) is 0 Å². The number of carbonyl (C=O) groups excluding carboxylic acids is 1. The Labute approximate surface area is 103 Å². The van der Waals surface area contributed by atoms with Crippen molar-refractivity contribution in [2.45, 2.75) is 26.3 Å². The highest BCUT2D eigenvalue weighted by Gasteiger charge is 2.21. The van der Waals surface area contributed by atoms with E-state index >= 15 is 0 Å². The van der Waals surface area contributed by atoms with Gasteiger partial charge in [0.25, 0.3) is 0 Å². The molecule has 0 saturated heterocycles. The summed E-state index contributed by atoms with van der Waals surface area (Å²) in [5.74, 6) is 0.00158. The molecule has 1 atom stereocenters. The summed E-state index contributed by atoms with van der Waals surface area (Å²) in [5, 5.41) is 2.67. The molecule has 1 unspecified atom stereocenters. The van der Waals surface area contributed by atoms with Gasteiger partial charge in [-0.2, -0.15) is 0 Å². The minimum Gasteiger partial charge on any atom is -0.397 e. The molecule has 0 aliphatic carbocycles. The summed E-state index contributed by atoms with van der Waals surface area (Å²) >= 11 is 0. The second-order valence-electron chi connectivity index (χ2n) is 4.04. The van der Waals surface area contributed by atoms with Crippen LogP contribution < -0.4 is 16.0 Å². The zero-order valence-corrected chi connectivity index (χ0v) is 10.7. The number of para-hydroxylation sites is 2. The van der Waals surface area contributed by atoms with Crippen molar-refractivity contribution < 1.29 is 4.79 Å². The van der Waals surface area contributed by atoms with E-state index in [1.807, 2.05) is 36.1 Å². The lowest BCUT2D eigenvalue weighted by atomic mass is 10.1. The minimum atomic E-state index is -0.218. The number of benzene rings is 1. The number of nitrogens with zero attached hydrogens (tertiary/aromatic N) is 1. The van der Waals surface area contributed by atoms with Gasteiger partial charge in [0, 0.05) is 13.6 Å². The van der Waals surface area contributed by atoms with Gasteiger partial charge in [0.05, 0.1) is 11.4 Å². The summed E-state index contributed by atoms with van der Waals surface area (Å²) in [7, 11) is 1.65. The Kier molecular flexibility index (Phi) is 4.82. The summed E-state index contributed by atoms with van der Waals surface area (Å²) in [4.78, 5) is 13.8. The molecular weight excluding hydrogens is 214 g/mol. The van der Waals surface area contributed by atoms with Crippen LogP contribution in [0.1, 0.15) is 20.3 Å². The number of anilines is 2. The maximum Gasteiger partial charge on any atom is 0.242 e. The van der Waals surface area contributed by atoms with Crippen LogP contribution in [0.15, 0.2) is 24.3 Å². The molecule has 0 fully saturated rings. The van der Waals surface area contributed by atoms with Crippen LogP contribution in [0.25, 0.3) is 0 Å². The Morgan fingerprint density at radius 3 is 2.65 bits per heavy atom. The largest absolute Gasteiger partial charge is 0.397 e. The molecule has 0 aliphatic heterocycles. The molecule has 1 amide bonds. The third-order valence-corrected chi connectivity index (χ3v) is 2.80. The van der Waals surface area contributed by atoms with Crippen LogP contribution in [-0.4, -0.2) is 25.5 Å². The molecular formula is C13H21N3O. The molecule has 0 radical (unpaired) electrons. The van der Waals surface area contributed by atoms with Crippen LogP contribution in [0.5, 0.6) is 0 Å². The van der Waals surface area contributed by atoms with E-state index in [1.54, 1.807) is 7.05 Å². The fourth-order valence-corrected chi connectivity index (χ4v) is 1.86. The van der Waals surface area contributed by atoms with Crippen LogP contribution in [0.3, 0.4) is 0 Å². The lowest BCUT2D eigenvalue weighted by Gasteiger charge is -2.30. The molecule has 0 saturated carbocycles. The number of amides is 1. The summed E-state index contributed by atoms with van der Waals surface area (Å²) in [6.07, 6.45) is 0.968. The second kappa shape index (κ2) is 6.13. The SMILES string of the molecule is CCCN(c1ccccc1N)C(C)C(=O)NC. The molecule has 0 heterocycles. The van der Waals surface area contributed by atoms with Crippen molar-refractivity contribution in [3.05, 3.63) is 24.3 Å². The van der Waals surface area contributed by atoms with E-state index in [4.69, 9.17) is 5.73 Å². The van der Waals surface area contributed by atoms with Crippen LogP contribution >= 0.6 is 0 Å². The first-order chi connectivity index (χ1) is 8.11. The summed E-state index contributed by atoms with van der Waals surface area (Å²) in [6.45, 7) is 4.78. The van der Waals surface area contributed by atoms with Crippen molar-refractivity contribution in [2.24, 2.45) is 0 Å². The van der Waals surface area contributed by atoms with Gasteiger partial charge in [0.1, 0.15) is 6.04 Å². The van der Waals surface area contributed by atoms with Crippen molar-refractivity contribution in [1.29, 1.82) is 0 Å². The predicted molar refractivity (Wildman–Crippen MR) is 72.0 cm³/mol. The van der Waals surface area contributed by atoms with Gasteiger partial charge < -0.3 is 16.0 Å². The highest BCUT2D eigenvalue weighted by molar-refractivity contribution is 5.86. The minimum absolute atomic E-state index is 0.00158. The van der Waals surface area contributed by atoms with Crippen LogP contribution in [0, 0.1) is 0 Å². The number of nitrogens with two attached hydrogens (primary N) is 1. The van der Waals surface area contributed by atoms with Gasteiger partial charge in [-0.05, 0) is 25.5 Å².